The Labute approximate surface area is 133 Å². The molecule has 1 amide bonds. The lowest BCUT2D eigenvalue weighted by Crippen LogP contribution is -2.29. The molecule has 0 radical (unpaired) electrons. The molecule has 20 heavy (non-hydrogen) atoms. The third-order valence-corrected chi connectivity index (χ3v) is 4.59. The van der Waals surface area contributed by atoms with Crippen LogP contribution in [0.15, 0.2) is 42.5 Å². The van der Waals surface area contributed by atoms with Crippen molar-refractivity contribution in [2.45, 2.75) is 0 Å². The van der Waals surface area contributed by atoms with Crippen LogP contribution in [0.2, 0.25) is 0 Å². The van der Waals surface area contributed by atoms with Crippen molar-refractivity contribution in [2.24, 2.45) is 5.84 Å². The fraction of sp³-hybridized carbons (Fsp3) is 0. The van der Waals surface area contributed by atoms with E-state index in [9.17, 15) is 4.79 Å². The SMILES string of the molecule is NNC(=O)c1ccc2nc(-c3cccc(I)c3)sc2c1. The van der Waals surface area contributed by atoms with Gasteiger partial charge in [-0.25, -0.2) is 10.8 Å². The van der Waals surface area contributed by atoms with Gasteiger partial charge in [-0.15, -0.1) is 11.3 Å². The van der Waals surface area contributed by atoms with Gasteiger partial charge in [0, 0.05) is 14.7 Å². The molecule has 0 atom stereocenters. The zero-order chi connectivity index (χ0) is 14.1. The number of halogens is 1. The van der Waals surface area contributed by atoms with Crippen molar-refractivity contribution >= 4 is 50.1 Å². The van der Waals surface area contributed by atoms with E-state index in [2.05, 4.69) is 39.1 Å². The first-order chi connectivity index (χ1) is 9.67. The molecule has 0 bridgehead atoms. The summed E-state index contributed by atoms with van der Waals surface area (Å²) < 4.78 is 2.14. The Hall–Kier alpha value is -1.51. The average Bonchev–Trinajstić information content (AvgIpc) is 2.89. The van der Waals surface area contributed by atoms with Crippen LogP contribution >= 0.6 is 33.9 Å². The van der Waals surface area contributed by atoms with Gasteiger partial charge in [0.25, 0.3) is 5.91 Å². The van der Waals surface area contributed by atoms with E-state index in [1.807, 2.05) is 30.3 Å². The number of rotatable bonds is 2. The smallest absolute Gasteiger partial charge is 0.265 e. The van der Waals surface area contributed by atoms with Crippen molar-refractivity contribution in [3.8, 4) is 10.6 Å². The zero-order valence-electron chi connectivity index (χ0n) is 10.3. The number of hydrazine groups is 1. The third-order valence-electron chi connectivity index (χ3n) is 2.85. The second-order valence-electron chi connectivity index (χ2n) is 4.19. The van der Waals surface area contributed by atoms with Crippen molar-refractivity contribution < 1.29 is 4.79 Å². The van der Waals surface area contributed by atoms with Crippen molar-refractivity contribution in [1.82, 2.24) is 10.4 Å². The Kier molecular flexibility index (Phi) is 3.68. The summed E-state index contributed by atoms with van der Waals surface area (Å²) in [6.07, 6.45) is 0. The molecule has 6 heteroatoms. The molecule has 0 unspecified atom stereocenters. The van der Waals surface area contributed by atoms with Crippen LogP contribution in [0.25, 0.3) is 20.8 Å². The Morgan fingerprint density at radius 2 is 2.10 bits per heavy atom. The maximum atomic E-state index is 11.5. The number of hydrogen-bond donors (Lipinski definition) is 2. The van der Waals surface area contributed by atoms with E-state index in [4.69, 9.17) is 5.84 Å². The lowest BCUT2D eigenvalue weighted by Gasteiger charge is -1.97. The number of carbonyl (C=O) groups excluding carboxylic acids is 1. The predicted molar refractivity (Wildman–Crippen MR) is 89.4 cm³/mol. The first-order valence-corrected chi connectivity index (χ1v) is 7.74. The fourth-order valence-electron chi connectivity index (χ4n) is 1.89. The third kappa shape index (κ3) is 2.54. The number of fused-ring (bicyclic) bond motifs is 1. The molecule has 2 aromatic carbocycles. The highest BCUT2D eigenvalue weighted by Gasteiger charge is 2.10. The number of benzene rings is 2. The van der Waals surface area contributed by atoms with E-state index >= 15 is 0 Å². The van der Waals surface area contributed by atoms with Crippen LogP contribution in [-0.4, -0.2) is 10.9 Å². The van der Waals surface area contributed by atoms with Gasteiger partial charge in [-0.1, -0.05) is 12.1 Å². The summed E-state index contributed by atoms with van der Waals surface area (Å²) in [4.78, 5) is 16.1. The topological polar surface area (TPSA) is 68.0 Å². The molecular weight excluding hydrogens is 385 g/mol. The first-order valence-electron chi connectivity index (χ1n) is 5.85. The van der Waals surface area contributed by atoms with Gasteiger partial charge in [0.05, 0.1) is 10.2 Å². The highest BCUT2D eigenvalue weighted by Crippen LogP contribution is 2.31. The Morgan fingerprint density at radius 3 is 2.85 bits per heavy atom. The highest BCUT2D eigenvalue weighted by atomic mass is 127. The molecule has 1 aromatic heterocycles. The van der Waals surface area contributed by atoms with E-state index in [1.165, 1.54) is 3.57 Å². The number of aromatic nitrogens is 1. The summed E-state index contributed by atoms with van der Waals surface area (Å²) in [5, 5.41) is 0.948. The summed E-state index contributed by atoms with van der Waals surface area (Å²) in [6.45, 7) is 0. The van der Waals surface area contributed by atoms with Crippen LogP contribution in [0.4, 0.5) is 0 Å². The molecule has 3 N–H and O–H groups in total. The molecule has 0 saturated carbocycles. The molecule has 0 aliphatic rings. The number of thiazole rings is 1. The summed E-state index contributed by atoms with van der Waals surface area (Å²) in [5.74, 6) is 4.85. The molecule has 0 aliphatic heterocycles. The van der Waals surface area contributed by atoms with Gasteiger partial charge in [0.15, 0.2) is 0 Å². The summed E-state index contributed by atoms with van der Waals surface area (Å²) in [7, 11) is 0. The van der Waals surface area contributed by atoms with E-state index in [0.717, 1.165) is 20.8 Å². The number of nitrogens with zero attached hydrogens (tertiary/aromatic N) is 1. The minimum Gasteiger partial charge on any atom is -0.290 e. The Balaban J connectivity index is 2.09. The zero-order valence-corrected chi connectivity index (χ0v) is 13.2. The van der Waals surface area contributed by atoms with Crippen molar-refractivity contribution in [2.75, 3.05) is 0 Å². The predicted octanol–water partition coefficient (Wildman–Crippen LogP) is 3.17. The second-order valence-corrected chi connectivity index (χ2v) is 6.46. The minimum atomic E-state index is -0.295. The maximum Gasteiger partial charge on any atom is 0.265 e. The highest BCUT2D eigenvalue weighted by molar-refractivity contribution is 14.1. The molecule has 0 fully saturated rings. The van der Waals surface area contributed by atoms with Gasteiger partial charge in [-0.2, -0.15) is 0 Å². The van der Waals surface area contributed by atoms with Crippen LogP contribution in [-0.2, 0) is 0 Å². The van der Waals surface area contributed by atoms with Gasteiger partial charge in [0.2, 0.25) is 0 Å². The monoisotopic (exact) mass is 395 g/mol. The van der Waals surface area contributed by atoms with Crippen molar-refractivity contribution in [3.63, 3.8) is 0 Å². The standard InChI is InChI=1S/C14H10IN3OS/c15-10-3-1-2-9(6-10)14-17-11-5-4-8(13(19)18-16)7-12(11)20-14/h1-7H,16H2,(H,18,19). The summed E-state index contributed by atoms with van der Waals surface area (Å²) >= 11 is 3.85. The molecular formula is C14H10IN3OS. The van der Waals surface area contributed by atoms with E-state index < -0.39 is 0 Å². The molecule has 0 spiro atoms. The van der Waals surface area contributed by atoms with Crippen molar-refractivity contribution in [1.29, 1.82) is 0 Å². The lowest BCUT2D eigenvalue weighted by atomic mass is 10.2. The minimum absolute atomic E-state index is 0.295. The summed E-state index contributed by atoms with van der Waals surface area (Å²) in [5.41, 5.74) is 4.65. The number of carbonyl (C=O) groups is 1. The first kappa shape index (κ1) is 13.5. The molecule has 1 heterocycles. The van der Waals surface area contributed by atoms with Gasteiger partial charge >= 0.3 is 0 Å². The Bertz CT molecular complexity index is 800. The number of amides is 1. The number of nitrogen functional groups attached to an aromatic ring is 1. The number of nitrogens with one attached hydrogen (secondary N) is 1. The number of hydrogen-bond acceptors (Lipinski definition) is 4. The van der Waals surface area contributed by atoms with Crippen LogP contribution in [0.1, 0.15) is 10.4 Å². The van der Waals surface area contributed by atoms with E-state index in [0.29, 0.717) is 5.56 Å². The largest absolute Gasteiger partial charge is 0.290 e. The van der Waals surface area contributed by atoms with E-state index in [-0.39, 0.29) is 5.91 Å². The van der Waals surface area contributed by atoms with Crippen molar-refractivity contribution in [3.05, 3.63) is 51.6 Å². The Morgan fingerprint density at radius 1 is 1.25 bits per heavy atom. The van der Waals surface area contributed by atoms with E-state index in [1.54, 1.807) is 17.4 Å². The van der Waals surface area contributed by atoms with Gasteiger partial charge < -0.3 is 0 Å². The molecule has 0 saturated heterocycles. The van der Waals surface area contributed by atoms with Crippen LogP contribution in [0.3, 0.4) is 0 Å². The quantitative estimate of drug-likeness (QED) is 0.303. The van der Waals surface area contributed by atoms with Crippen LogP contribution < -0.4 is 11.3 Å². The fourth-order valence-corrected chi connectivity index (χ4v) is 3.44. The molecule has 3 aromatic rings. The second kappa shape index (κ2) is 5.47. The molecule has 3 rings (SSSR count). The van der Waals surface area contributed by atoms with Crippen LogP contribution in [0, 0.1) is 3.57 Å². The molecule has 0 aliphatic carbocycles. The number of nitrogens with two attached hydrogens (primary N) is 1. The molecule has 4 nitrogen and oxygen atoms in total. The van der Waals surface area contributed by atoms with Gasteiger partial charge in [-0.05, 0) is 52.9 Å². The molecule has 100 valence electrons. The maximum absolute atomic E-state index is 11.5. The lowest BCUT2D eigenvalue weighted by molar-refractivity contribution is 0.0954. The summed E-state index contributed by atoms with van der Waals surface area (Å²) in [6, 6.07) is 13.6. The van der Waals surface area contributed by atoms with Gasteiger partial charge in [-0.3, -0.25) is 10.2 Å². The average molecular weight is 395 g/mol. The normalized spacial score (nSPS) is 10.7. The van der Waals surface area contributed by atoms with Gasteiger partial charge in [0.1, 0.15) is 5.01 Å². The van der Waals surface area contributed by atoms with Crippen LogP contribution in [0.5, 0.6) is 0 Å².